The summed E-state index contributed by atoms with van der Waals surface area (Å²) in [5.74, 6) is 0. The molecule has 0 saturated heterocycles. The van der Waals surface area contributed by atoms with E-state index >= 15 is 0 Å². The number of aromatic nitrogens is 2. The molecule has 0 spiro atoms. The van der Waals surface area contributed by atoms with Crippen LogP contribution in [0.1, 0.15) is 17.3 Å². The van der Waals surface area contributed by atoms with Crippen LogP contribution in [-0.4, -0.2) is 16.8 Å². The predicted molar refractivity (Wildman–Crippen MR) is 60.6 cm³/mol. The van der Waals surface area contributed by atoms with Gasteiger partial charge in [0.1, 0.15) is 0 Å². The molecule has 0 bridgehead atoms. The standard InChI is InChI=1S/C12H15N3/c1-13-12(10-6-4-3-5-7-10)11-8-9-15(2)14-11/h3-9,12-13H,1-2H3. The van der Waals surface area contributed by atoms with E-state index < -0.39 is 0 Å². The highest BCUT2D eigenvalue weighted by Gasteiger charge is 2.13. The van der Waals surface area contributed by atoms with Gasteiger partial charge in [0.05, 0.1) is 11.7 Å². The van der Waals surface area contributed by atoms with Crippen molar-refractivity contribution in [2.24, 2.45) is 7.05 Å². The summed E-state index contributed by atoms with van der Waals surface area (Å²) in [5.41, 5.74) is 2.28. The fraction of sp³-hybridized carbons (Fsp3) is 0.250. The quantitative estimate of drug-likeness (QED) is 0.819. The molecule has 1 N–H and O–H groups in total. The molecule has 3 nitrogen and oxygen atoms in total. The fourth-order valence-corrected chi connectivity index (χ4v) is 1.72. The molecule has 1 aromatic heterocycles. The molecule has 1 atom stereocenters. The number of benzene rings is 1. The Morgan fingerprint density at radius 2 is 1.93 bits per heavy atom. The molecule has 0 radical (unpaired) electrons. The van der Waals surface area contributed by atoms with E-state index in [2.05, 4.69) is 22.5 Å². The van der Waals surface area contributed by atoms with Gasteiger partial charge in [0.25, 0.3) is 0 Å². The summed E-state index contributed by atoms with van der Waals surface area (Å²) >= 11 is 0. The van der Waals surface area contributed by atoms with Crippen LogP contribution in [0.4, 0.5) is 0 Å². The Kier molecular flexibility index (Phi) is 2.83. The Morgan fingerprint density at radius 3 is 2.47 bits per heavy atom. The Labute approximate surface area is 89.7 Å². The maximum absolute atomic E-state index is 4.41. The zero-order chi connectivity index (χ0) is 10.7. The van der Waals surface area contributed by atoms with Gasteiger partial charge in [-0.15, -0.1) is 0 Å². The van der Waals surface area contributed by atoms with Gasteiger partial charge in [-0.1, -0.05) is 30.3 Å². The lowest BCUT2D eigenvalue weighted by Crippen LogP contribution is -2.18. The predicted octanol–water partition coefficient (Wildman–Crippen LogP) is 1.73. The second-order valence-corrected chi connectivity index (χ2v) is 3.55. The summed E-state index contributed by atoms with van der Waals surface area (Å²) in [4.78, 5) is 0. The van der Waals surface area contributed by atoms with E-state index in [1.54, 1.807) is 0 Å². The number of hydrogen-bond donors (Lipinski definition) is 1. The molecule has 1 unspecified atom stereocenters. The van der Waals surface area contributed by atoms with Crippen molar-refractivity contribution in [1.29, 1.82) is 0 Å². The lowest BCUT2D eigenvalue weighted by atomic mass is 10.0. The van der Waals surface area contributed by atoms with Crippen LogP contribution in [0.2, 0.25) is 0 Å². The molecule has 2 rings (SSSR count). The first-order chi connectivity index (χ1) is 7.31. The summed E-state index contributed by atoms with van der Waals surface area (Å²) in [5, 5.41) is 7.68. The minimum Gasteiger partial charge on any atom is -0.308 e. The molecule has 0 amide bonds. The topological polar surface area (TPSA) is 29.9 Å². The number of nitrogens with zero attached hydrogens (tertiary/aromatic N) is 2. The van der Waals surface area contributed by atoms with Crippen LogP contribution in [0.5, 0.6) is 0 Å². The Bertz CT molecular complexity index is 419. The van der Waals surface area contributed by atoms with E-state index in [1.165, 1.54) is 5.56 Å². The zero-order valence-electron chi connectivity index (χ0n) is 9.01. The van der Waals surface area contributed by atoms with E-state index in [9.17, 15) is 0 Å². The number of rotatable bonds is 3. The van der Waals surface area contributed by atoms with Crippen molar-refractivity contribution in [3.63, 3.8) is 0 Å². The summed E-state index contributed by atoms with van der Waals surface area (Å²) in [7, 11) is 3.88. The highest BCUT2D eigenvalue weighted by atomic mass is 15.3. The molecule has 2 aromatic rings. The van der Waals surface area contributed by atoms with Gasteiger partial charge in [-0.05, 0) is 18.7 Å². The normalized spacial score (nSPS) is 12.7. The largest absolute Gasteiger partial charge is 0.308 e. The monoisotopic (exact) mass is 201 g/mol. The molecule has 1 aromatic carbocycles. The van der Waals surface area contributed by atoms with Gasteiger partial charge in [-0.25, -0.2) is 0 Å². The lowest BCUT2D eigenvalue weighted by Gasteiger charge is -2.13. The lowest BCUT2D eigenvalue weighted by molar-refractivity contribution is 0.642. The highest BCUT2D eigenvalue weighted by Crippen LogP contribution is 2.19. The third-order valence-electron chi connectivity index (χ3n) is 2.45. The number of nitrogens with one attached hydrogen (secondary N) is 1. The van der Waals surface area contributed by atoms with Crippen LogP contribution in [0.25, 0.3) is 0 Å². The summed E-state index contributed by atoms with van der Waals surface area (Å²) in [6, 6.07) is 12.5. The molecular weight excluding hydrogens is 186 g/mol. The highest BCUT2D eigenvalue weighted by molar-refractivity contribution is 5.26. The first kappa shape index (κ1) is 9.93. The number of hydrogen-bond acceptors (Lipinski definition) is 2. The van der Waals surface area contributed by atoms with E-state index in [4.69, 9.17) is 0 Å². The minimum atomic E-state index is 0.174. The van der Waals surface area contributed by atoms with Crippen LogP contribution in [-0.2, 0) is 7.05 Å². The molecule has 15 heavy (non-hydrogen) atoms. The van der Waals surface area contributed by atoms with Crippen molar-refractivity contribution in [3.05, 3.63) is 53.9 Å². The van der Waals surface area contributed by atoms with Gasteiger partial charge >= 0.3 is 0 Å². The third-order valence-corrected chi connectivity index (χ3v) is 2.45. The molecule has 78 valence electrons. The molecule has 3 heteroatoms. The van der Waals surface area contributed by atoms with Gasteiger partial charge in [0.15, 0.2) is 0 Å². The summed E-state index contributed by atoms with van der Waals surface area (Å²) in [6.45, 7) is 0. The maximum Gasteiger partial charge on any atom is 0.0839 e. The van der Waals surface area contributed by atoms with E-state index in [-0.39, 0.29) is 6.04 Å². The first-order valence-electron chi connectivity index (χ1n) is 5.03. The molecule has 0 aliphatic rings. The van der Waals surface area contributed by atoms with E-state index in [0.717, 1.165) is 5.69 Å². The Balaban J connectivity index is 2.33. The van der Waals surface area contributed by atoms with Crippen LogP contribution in [0, 0.1) is 0 Å². The first-order valence-corrected chi connectivity index (χ1v) is 5.03. The van der Waals surface area contributed by atoms with Gasteiger partial charge in [-0.2, -0.15) is 5.10 Å². The van der Waals surface area contributed by atoms with Gasteiger partial charge in [0.2, 0.25) is 0 Å². The molecule has 1 heterocycles. The Morgan fingerprint density at radius 1 is 1.20 bits per heavy atom. The van der Waals surface area contributed by atoms with Crippen molar-refractivity contribution in [2.75, 3.05) is 7.05 Å². The van der Waals surface area contributed by atoms with Gasteiger partial charge < -0.3 is 5.32 Å². The van der Waals surface area contributed by atoms with Crippen molar-refractivity contribution in [2.45, 2.75) is 6.04 Å². The van der Waals surface area contributed by atoms with Crippen LogP contribution in [0.15, 0.2) is 42.6 Å². The van der Waals surface area contributed by atoms with Crippen LogP contribution < -0.4 is 5.32 Å². The molecule has 0 aliphatic carbocycles. The summed E-state index contributed by atoms with van der Waals surface area (Å²) in [6.07, 6.45) is 1.96. The third kappa shape index (κ3) is 2.07. The second kappa shape index (κ2) is 4.28. The van der Waals surface area contributed by atoms with Crippen LogP contribution in [0.3, 0.4) is 0 Å². The van der Waals surface area contributed by atoms with Crippen molar-refractivity contribution in [3.8, 4) is 0 Å². The SMILES string of the molecule is CNC(c1ccccc1)c1ccn(C)n1. The number of aryl methyl sites for hydroxylation is 1. The summed E-state index contributed by atoms with van der Waals surface area (Å²) < 4.78 is 1.82. The molecule has 0 saturated carbocycles. The Hall–Kier alpha value is -1.61. The van der Waals surface area contributed by atoms with E-state index in [1.807, 2.05) is 49.2 Å². The van der Waals surface area contributed by atoms with Crippen LogP contribution >= 0.6 is 0 Å². The smallest absolute Gasteiger partial charge is 0.0839 e. The van der Waals surface area contributed by atoms with Crippen molar-refractivity contribution < 1.29 is 0 Å². The fourth-order valence-electron chi connectivity index (χ4n) is 1.72. The second-order valence-electron chi connectivity index (χ2n) is 3.55. The molecule has 0 aliphatic heterocycles. The minimum absolute atomic E-state index is 0.174. The van der Waals surface area contributed by atoms with Gasteiger partial charge in [0, 0.05) is 13.2 Å². The zero-order valence-corrected chi connectivity index (χ0v) is 9.01. The molecule has 0 fully saturated rings. The molecular formula is C12H15N3. The van der Waals surface area contributed by atoms with E-state index in [0.29, 0.717) is 0 Å². The van der Waals surface area contributed by atoms with Gasteiger partial charge in [-0.3, -0.25) is 4.68 Å². The van der Waals surface area contributed by atoms with Crippen molar-refractivity contribution >= 4 is 0 Å². The average Bonchev–Trinajstić information content (AvgIpc) is 2.68. The average molecular weight is 201 g/mol. The van der Waals surface area contributed by atoms with Crippen molar-refractivity contribution in [1.82, 2.24) is 15.1 Å². The maximum atomic E-state index is 4.41.